The summed E-state index contributed by atoms with van der Waals surface area (Å²) in [6.07, 6.45) is -4.31. The fourth-order valence-electron chi connectivity index (χ4n) is 3.57. The Morgan fingerprint density at radius 1 is 1.11 bits per heavy atom. The smallest absolute Gasteiger partial charge is 0.418 e. The van der Waals surface area contributed by atoms with Gasteiger partial charge in [-0.1, -0.05) is 26.0 Å². The van der Waals surface area contributed by atoms with E-state index in [1.165, 1.54) is 22.9 Å². The van der Waals surface area contributed by atoms with E-state index < -0.39 is 30.2 Å². The summed E-state index contributed by atoms with van der Waals surface area (Å²) in [4.78, 5) is 12.0. The Morgan fingerprint density at radius 2 is 1.79 bits per heavy atom. The number of aliphatic hydroxyl groups is 1. The Bertz CT molecular complexity index is 1050. The number of thiophene rings is 1. The maximum Gasteiger partial charge on any atom is 0.418 e. The maximum atomic E-state index is 14.0. The second-order valence-corrected chi connectivity index (χ2v) is 8.45. The van der Waals surface area contributed by atoms with Gasteiger partial charge in [-0.25, -0.2) is 0 Å². The number of para-hydroxylation sites is 1. The molecule has 8 heteroatoms. The second kappa shape index (κ2) is 6.93. The molecule has 0 aliphatic heterocycles. The highest BCUT2D eigenvalue weighted by Gasteiger charge is 2.56. The van der Waals surface area contributed by atoms with Crippen LogP contribution in [0.4, 0.5) is 13.2 Å². The van der Waals surface area contributed by atoms with Crippen molar-refractivity contribution in [1.82, 2.24) is 4.57 Å². The van der Waals surface area contributed by atoms with Gasteiger partial charge in [0, 0.05) is 23.2 Å². The van der Waals surface area contributed by atoms with E-state index in [1.54, 1.807) is 43.5 Å². The minimum Gasteiger partial charge on any atom is -0.499 e. The van der Waals surface area contributed by atoms with Gasteiger partial charge in [0.15, 0.2) is 16.1 Å². The van der Waals surface area contributed by atoms with Crippen LogP contribution in [0.3, 0.4) is 0 Å². The van der Waals surface area contributed by atoms with Crippen LogP contribution in [0.25, 0.3) is 10.9 Å². The molecule has 1 unspecified atom stereocenters. The molecule has 0 aliphatic rings. The number of fused-ring (bicyclic) bond motifs is 1. The molecular weight excluding hydrogens is 391 g/mol. The predicted octanol–water partition coefficient (Wildman–Crippen LogP) is 4.43. The van der Waals surface area contributed by atoms with Crippen LogP contribution in [0.15, 0.2) is 52.8 Å². The van der Waals surface area contributed by atoms with Crippen LogP contribution in [0.5, 0.6) is 5.06 Å². The van der Waals surface area contributed by atoms with Crippen molar-refractivity contribution in [1.29, 1.82) is 0 Å². The summed E-state index contributed by atoms with van der Waals surface area (Å²) in [6, 6.07) is 9.09. The highest BCUT2D eigenvalue weighted by atomic mass is 32.1. The van der Waals surface area contributed by atoms with Gasteiger partial charge in [0.1, 0.15) is 0 Å². The van der Waals surface area contributed by atoms with Crippen molar-refractivity contribution in [3.05, 3.63) is 63.8 Å². The molecule has 150 valence electrons. The number of aromatic hydroxyl groups is 1. The van der Waals surface area contributed by atoms with Crippen molar-refractivity contribution in [3.63, 3.8) is 0 Å². The number of benzene rings is 1. The van der Waals surface area contributed by atoms with Gasteiger partial charge < -0.3 is 14.8 Å². The summed E-state index contributed by atoms with van der Waals surface area (Å²) in [5, 5.41) is 22.5. The van der Waals surface area contributed by atoms with Crippen LogP contribution in [0, 0.1) is 0 Å². The van der Waals surface area contributed by atoms with Gasteiger partial charge in [0.2, 0.25) is 0 Å². The SMILES string of the molecule is CC(C)(CC(O)(Cn1ccc(=O)c2ccccc21)C(F)(F)F)c1ccsc1O. The van der Waals surface area contributed by atoms with E-state index in [0.29, 0.717) is 11.1 Å². The number of alkyl halides is 3. The summed E-state index contributed by atoms with van der Waals surface area (Å²) in [5.41, 5.74) is -3.84. The first-order chi connectivity index (χ1) is 12.9. The molecule has 2 aromatic heterocycles. The van der Waals surface area contributed by atoms with Crippen molar-refractivity contribution in [3.8, 4) is 5.06 Å². The summed E-state index contributed by atoms with van der Waals surface area (Å²) < 4.78 is 43.1. The van der Waals surface area contributed by atoms with Crippen LogP contribution < -0.4 is 5.43 Å². The molecule has 0 fully saturated rings. The average Bonchev–Trinajstić information content (AvgIpc) is 3.03. The third-order valence-electron chi connectivity index (χ3n) is 4.95. The van der Waals surface area contributed by atoms with Gasteiger partial charge in [-0.3, -0.25) is 4.79 Å². The predicted molar refractivity (Wildman–Crippen MR) is 103 cm³/mol. The topological polar surface area (TPSA) is 62.5 Å². The van der Waals surface area contributed by atoms with E-state index in [4.69, 9.17) is 0 Å². The second-order valence-electron chi connectivity index (χ2n) is 7.55. The Hall–Kier alpha value is -2.32. The van der Waals surface area contributed by atoms with Gasteiger partial charge in [0.25, 0.3) is 0 Å². The molecule has 0 amide bonds. The zero-order valence-corrected chi connectivity index (χ0v) is 16.1. The first-order valence-electron chi connectivity index (χ1n) is 8.59. The number of pyridine rings is 1. The Labute approximate surface area is 163 Å². The zero-order valence-electron chi connectivity index (χ0n) is 15.3. The fraction of sp³-hybridized carbons (Fsp3) is 0.350. The first-order valence-corrected chi connectivity index (χ1v) is 9.47. The molecule has 1 aromatic carbocycles. The van der Waals surface area contributed by atoms with Crippen LogP contribution in [-0.2, 0) is 12.0 Å². The van der Waals surface area contributed by atoms with Crippen molar-refractivity contribution in [2.75, 3.05) is 0 Å². The van der Waals surface area contributed by atoms with E-state index in [-0.39, 0.29) is 15.9 Å². The molecule has 0 spiro atoms. The van der Waals surface area contributed by atoms with Gasteiger partial charge >= 0.3 is 6.18 Å². The van der Waals surface area contributed by atoms with Crippen molar-refractivity contribution < 1.29 is 23.4 Å². The van der Waals surface area contributed by atoms with E-state index in [1.807, 2.05) is 0 Å². The molecule has 28 heavy (non-hydrogen) atoms. The summed E-state index contributed by atoms with van der Waals surface area (Å²) in [5.74, 6) is 0. The Morgan fingerprint density at radius 3 is 2.39 bits per heavy atom. The van der Waals surface area contributed by atoms with E-state index in [0.717, 1.165) is 11.3 Å². The lowest BCUT2D eigenvalue weighted by atomic mass is 9.75. The molecule has 0 aliphatic carbocycles. The number of halogens is 3. The standard InChI is InChI=1S/C20H20F3NO3S/c1-18(2,14-8-10-28-17(14)26)11-19(27,20(21,22)23)12-24-9-7-16(25)13-5-3-4-6-15(13)24/h3-10,26-27H,11-12H2,1-2H3. The molecule has 2 N–H and O–H groups in total. The van der Waals surface area contributed by atoms with Crippen molar-refractivity contribution in [2.45, 2.75) is 44.0 Å². The Balaban J connectivity index is 2.06. The van der Waals surface area contributed by atoms with E-state index in [2.05, 4.69) is 0 Å². The van der Waals surface area contributed by atoms with E-state index >= 15 is 0 Å². The highest BCUT2D eigenvalue weighted by Crippen LogP contribution is 2.45. The molecule has 0 radical (unpaired) electrons. The van der Waals surface area contributed by atoms with Gasteiger partial charge in [-0.05, 0) is 35.4 Å². The van der Waals surface area contributed by atoms with Crippen molar-refractivity contribution >= 4 is 22.2 Å². The summed E-state index contributed by atoms with van der Waals surface area (Å²) >= 11 is 1.02. The van der Waals surface area contributed by atoms with Gasteiger partial charge in [0.05, 0.1) is 12.1 Å². The molecule has 4 nitrogen and oxygen atoms in total. The zero-order chi connectivity index (χ0) is 20.7. The quantitative estimate of drug-likeness (QED) is 0.653. The number of nitrogens with zero attached hydrogens (tertiary/aromatic N) is 1. The third kappa shape index (κ3) is 3.66. The molecular formula is C20H20F3NO3S. The highest BCUT2D eigenvalue weighted by molar-refractivity contribution is 7.11. The third-order valence-corrected chi connectivity index (χ3v) is 5.67. The lowest BCUT2D eigenvalue weighted by Gasteiger charge is -2.38. The first kappa shape index (κ1) is 20.4. The number of hydrogen-bond acceptors (Lipinski definition) is 4. The average molecular weight is 411 g/mol. The van der Waals surface area contributed by atoms with Crippen LogP contribution >= 0.6 is 11.3 Å². The lowest BCUT2D eigenvalue weighted by Crippen LogP contribution is -2.52. The maximum absolute atomic E-state index is 14.0. The molecule has 3 aromatic rings. The van der Waals surface area contributed by atoms with Crippen LogP contribution in [-0.4, -0.2) is 26.6 Å². The lowest BCUT2D eigenvalue weighted by molar-refractivity contribution is -0.271. The van der Waals surface area contributed by atoms with Crippen LogP contribution in [0.2, 0.25) is 0 Å². The minimum absolute atomic E-state index is 0.0664. The minimum atomic E-state index is -4.92. The molecule has 2 heterocycles. The number of rotatable bonds is 5. The monoisotopic (exact) mass is 411 g/mol. The molecule has 1 atom stereocenters. The van der Waals surface area contributed by atoms with Gasteiger partial charge in [-0.2, -0.15) is 13.2 Å². The van der Waals surface area contributed by atoms with Crippen molar-refractivity contribution in [2.24, 2.45) is 0 Å². The van der Waals surface area contributed by atoms with Crippen LogP contribution in [0.1, 0.15) is 25.8 Å². The molecule has 0 saturated carbocycles. The Kier molecular flexibility index (Phi) is 5.05. The molecule has 0 bridgehead atoms. The van der Waals surface area contributed by atoms with E-state index in [9.17, 15) is 28.2 Å². The summed E-state index contributed by atoms with van der Waals surface area (Å²) in [6.45, 7) is 2.33. The number of hydrogen-bond donors (Lipinski definition) is 2. The largest absolute Gasteiger partial charge is 0.499 e. The molecule has 0 saturated heterocycles. The van der Waals surface area contributed by atoms with Gasteiger partial charge in [-0.15, -0.1) is 11.3 Å². The normalized spacial score (nSPS) is 14.9. The molecule has 3 rings (SSSR count). The summed E-state index contributed by atoms with van der Waals surface area (Å²) in [7, 11) is 0. The fourth-order valence-corrected chi connectivity index (χ4v) is 4.37. The number of aromatic nitrogens is 1.